The predicted octanol–water partition coefficient (Wildman–Crippen LogP) is 4.32. The standard InChI is InChI=1S/C15H26N2S/c1-4-12-6-8-13(9-7-12)15(16-5-2)14-10-18-11(3)17-14/h10,12-13,15-16H,4-9H2,1-3H3. The second kappa shape index (κ2) is 6.67. The number of aryl methyl sites for hydroxylation is 1. The molecule has 0 aliphatic heterocycles. The Balaban J connectivity index is 2.02. The first-order chi connectivity index (χ1) is 8.74. The van der Waals surface area contributed by atoms with E-state index >= 15 is 0 Å². The molecule has 0 saturated heterocycles. The number of hydrogen-bond donors (Lipinski definition) is 1. The van der Waals surface area contributed by atoms with E-state index in [1.807, 2.05) is 0 Å². The molecule has 0 amide bonds. The molecule has 2 rings (SSSR count). The van der Waals surface area contributed by atoms with Gasteiger partial charge in [-0.25, -0.2) is 4.98 Å². The van der Waals surface area contributed by atoms with Crippen molar-refractivity contribution in [3.05, 3.63) is 16.1 Å². The van der Waals surface area contributed by atoms with E-state index < -0.39 is 0 Å². The molecular formula is C15H26N2S. The van der Waals surface area contributed by atoms with Crippen LogP contribution >= 0.6 is 11.3 Å². The summed E-state index contributed by atoms with van der Waals surface area (Å²) in [6.45, 7) is 7.67. The van der Waals surface area contributed by atoms with Gasteiger partial charge >= 0.3 is 0 Å². The Morgan fingerprint density at radius 3 is 2.56 bits per heavy atom. The third-order valence-electron chi connectivity index (χ3n) is 4.32. The zero-order valence-corrected chi connectivity index (χ0v) is 12.7. The molecule has 0 radical (unpaired) electrons. The lowest BCUT2D eigenvalue weighted by Crippen LogP contribution is -2.31. The first-order valence-corrected chi connectivity index (χ1v) is 8.28. The monoisotopic (exact) mass is 266 g/mol. The third kappa shape index (κ3) is 3.33. The van der Waals surface area contributed by atoms with Crippen LogP contribution in [0, 0.1) is 18.8 Å². The molecule has 1 saturated carbocycles. The number of hydrogen-bond acceptors (Lipinski definition) is 3. The molecule has 1 aromatic rings. The molecule has 0 spiro atoms. The summed E-state index contributed by atoms with van der Waals surface area (Å²) in [5.74, 6) is 1.76. The van der Waals surface area contributed by atoms with Crippen LogP contribution in [0.15, 0.2) is 5.38 Å². The largest absolute Gasteiger partial charge is 0.309 e. The predicted molar refractivity (Wildman–Crippen MR) is 79.0 cm³/mol. The molecule has 2 nitrogen and oxygen atoms in total. The quantitative estimate of drug-likeness (QED) is 0.858. The number of nitrogens with zero attached hydrogens (tertiary/aromatic N) is 1. The lowest BCUT2D eigenvalue weighted by molar-refractivity contribution is 0.218. The minimum Gasteiger partial charge on any atom is -0.309 e. The number of nitrogens with one attached hydrogen (secondary N) is 1. The van der Waals surface area contributed by atoms with Gasteiger partial charge in [0.25, 0.3) is 0 Å². The number of aromatic nitrogens is 1. The summed E-state index contributed by atoms with van der Waals surface area (Å²) in [5.41, 5.74) is 1.28. The molecule has 1 aliphatic carbocycles. The Morgan fingerprint density at radius 2 is 2.06 bits per heavy atom. The van der Waals surface area contributed by atoms with Crippen molar-refractivity contribution in [2.45, 2.75) is 58.9 Å². The van der Waals surface area contributed by atoms with Gasteiger partial charge in [-0.1, -0.05) is 33.1 Å². The number of thiazole rings is 1. The van der Waals surface area contributed by atoms with Crippen LogP contribution in [-0.4, -0.2) is 11.5 Å². The van der Waals surface area contributed by atoms with Crippen LogP contribution in [0.4, 0.5) is 0 Å². The normalized spacial score (nSPS) is 26.2. The Labute approximate surface area is 115 Å². The van der Waals surface area contributed by atoms with Gasteiger partial charge in [0.2, 0.25) is 0 Å². The van der Waals surface area contributed by atoms with Gasteiger partial charge in [0.05, 0.1) is 16.7 Å². The summed E-state index contributed by atoms with van der Waals surface area (Å²) >= 11 is 1.78. The van der Waals surface area contributed by atoms with E-state index in [2.05, 4.69) is 31.5 Å². The summed E-state index contributed by atoms with van der Waals surface area (Å²) < 4.78 is 0. The van der Waals surface area contributed by atoms with E-state index in [0.29, 0.717) is 6.04 Å². The highest BCUT2D eigenvalue weighted by Gasteiger charge is 2.28. The molecule has 1 N–H and O–H groups in total. The summed E-state index contributed by atoms with van der Waals surface area (Å²) in [6, 6.07) is 0.484. The van der Waals surface area contributed by atoms with Crippen LogP contribution in [0.2, 0.25) is 0 Å². The van der Waals surface area contributed by atoms with Gasteiger partial charge in [0.1, 0.15) is 0 Å². The lowest BCUT2D eigenvalue weighted by Gasteiger charge is -2.33. The highest BCUT2D eigenvalue weighted by molar-refractivity contribution is 7.09. The van der Waals surface area contributed by atoms with Crippen molar-refractivity contribution >= 4 is 11.3 Å². The first-order valence-electron chi connectivity index (χ1n) is 7.40. The van der Waals surface area contributed by atoms with Gasteiger partial charge in [0, 0.05) is 5.38 Å². The molecule has 18 heavy (non-hydrogen) atoms. The van der Waals surface area contributed by atoms with Crippen molar-refractivity contribution < 1.29 is 0 Å². The zero-order valence-electron chi connectivity index (χ0n) is 11.9. The van der Waals surface area contributed by atoms with Crippen molar-refractivity contribution in [1.82, 2.24) is 10.3 Å². The van der Waals surface area contributed by atoms with Gasteiger partial charge in [-0.2, -0.15) is 0 Å². The topological polar surface area (TPSA) is 24.9 Å². The second-order valence-electron chi connectivity index (χ2n) is 5.52. The van der Waals surface area contributed by atoms with Gasteiger partial charge < -0.3 is 5.32 Å². The van der Waals surface area contributed by atoms with Crippen LogP contribution in [-0.2, 0) is 0 Å². The van der Waals surface area contributed by atoms with Crippen LogP contribution in [0.1, 0.15) is 62.7 Å². The molecule has 0 aromatic carbocycles. The fraction of sp³-hybridized carbons (Fsp3) is 0.800. The van der Waals surface area contributed by atoms with Gasteiger partial charge in [-0.05, 0) is 38.1 Å². The highest BCUT2D eigenvalue weighted by Crippen LogP contribution is 2.38. The second-order valence-corrected chi connectivity index (χ2v) is 6.58. The summed E-state index contributed by atoms with van der Waals surface area (Å²) in [4.78, 5) is 4.70. The molecule has 1 heterocycles. The van der Waals surface area contributed by atoms with Crippen LogP contribution in [0.3, 0.4) is 0 Å². The molecule has 1 fully saturated rings. The first kappa shape index (κ1) is 14.0. The summed E-state index contributed by atoms with van der Waals surface area (Å²) in [7, 11) is 0. The zero-order chi connectivity index (χ0) is 13.0. The maximum atomic E-state index is 4.70. The molecule has 1 aliphatic rings. The Hall–Kier alpha value is -0.410. The maximum Gasteiger partial charge on any atom is 0.0898 e. The van der Waals surface area contributed by atoms with E-state index in [0.717, 1.165) is 18.4 Å². The van der Waals surface area contributed by atoms with Crippen molar-refractivity contribution in [2.24, 2.45) is 11.8 Å². The van der Waals surface area contributed by atoms with E-state index in [1.54, 1.807) is 11.3 Å². The van der Waals surface area contributed by atoms with Crippen LogP contribution in [0.25, 0.3) is 0 Å². The fourth-order valence-corrected chi connectivity index (χ4v) is 3.83. The summed E-state index contributed by atoms with van der Waals surface area (Å²) in [6.07, 6.45) is 6.91. The Kier molecular flexibility index (Phi) is 5.19. The van der Waals surface area contributed by atoms with Gasteiger partial charge in [-0.3, -0.25) is 0 Å². The van der Waals surface area contributed by atoms with Crippen molar-refractivity contribution in [3.63, 3.8) is 0 Å². The summed E-state index contributed by atoms with van der Waals surface area (Å²) in [5, 5.41) is 7.09. The molecular weight excluding hydrogens is 240 g/mol. The van der Waals surface area contributed by atoms with Crippen molar-refractivity contribution in [3.8, 4) is 0 Å². The maximum absolute atomic E-state index is 4.70. The van der Waals surface area contributed by atoms with Gasteiger partial charge in [-0.15, -0.1) is 11.3 Å². The SMILES string of the molecule is CCNC(c1csc(C)n1)C1CCC(CC)CC1. The van der Waals surface area contributed by atoms with Crippen molar-refractivity contribution in [1.29, 1.82) is 0 Å². The average Bonchev–Trinajstić information content (AvgIpc) is 2.82. The fourth-order valence-electron chi connectivity index (χ4n) is 3.19. The van der Waals surface area contributed by atoms with E-state index in [1.165, 1.54) is 42.8 Å². The third-order valence-corrected chi connectivity index (χ3v) is 5.11. The minimum absolute atomic E-state index is 0.484. The smallest absolute Gasteiger partial charge is 0.0898 e. The highest BCUT2D eigenvalue weighted by atomic mass is 32.1. The van der Waals surface area contributed by atoms with Crippen LogP contribution < -0.4 is 5.32 Å². The number of rotatable bonds is 5. The average molecular weight is 266 g/mol. The molecule has 102 valence electrons. The molecule has 0 bridgehead atoms. The molecule has 1 aromatic heterocycles. The van der Waals surface area contributed by atoms with E-state index in [-0.39, 0.29) is 0 Å². The van der Waals surface area contributed by atoms with Crippen LogP contribution in [0.5, 0.6) is 0 Å². The van der Waals surface area contributed by atoms with Crippen molar-refractivity contribution in [2.75, 3.05) is 6.54 Å². The van der Waals surface area contributed by atoms with E-state index in [9.17, 15) is 0 Å². The molecule has 3 heteroatoms. The molecule has 1 atom stereocenters. The Morgan fingerprint density at radius 1 is 1.33 bits per heavy atom. The molecule has 1 unspecified atom stereocenters. The van der Waals surface area contributed by atoms with Gasteiger partial charge in [0.15, 0.2) is 0 Å². The Bertz CT molecular complexity index is 353. The van der Waals surface area contributed by atoms with E-state index in [4.69, 9.17) is 4.98 Å². The lowest BCUT2D eigenvalue weighted by atomic mass is 9.77. The minimum atomic E-state index is 0.484.